The van der Waals surface area contributed by atoms with Crippen LogP contribution in [0.5, 0.6) is 0 Å². The van der Waals surface area contributed by atoms with E-state index in [-0.39, 0.29) is 0 Å². The van der Waals surface area contributed by atoms with Crippen molar-refractivity contribution in [3.63, 3.8) is 0 Å². The van der Waals surface area contributed by atoms with Crippen LogP contribution in [0.1, 0.15) is 18.4 Å². The standard InChI is InChI=1S/C23H20ClN3/c24-20-10-3-4-11-21(20)27-23-19(9-5-6-14-25-23)22(26-27)18-13-12-16-7-1-2-8-17(16)15-18/h1-4,7-8,10-13,15,25H,5-6,9,14H2. The van der Waals surface area contributed by atoms with Crippen molar-refractivity contribution in [1.29, 1.82) is 0 Å². The molecule has 0 radical (unpaired) electrons. The number of rotatable bonds is 2. The maximum Gasteiger partial charge on any atom is 0.133 e. The van der Waals surface area contributed by atoms with Crippen molar-refractivity contribution in [3.8, 4) is 16.9 Å². The summed E-state index contributed by atoms with van der Waals surface area (Å²) in [6, 6.07) is 22.9. The average molecular weight is 374 g/mol. The predicted octanol–water partition coefficient (Wildman–Crippen LogP) is 6.09. The van der Waals surface area contributed by atoms with Crippen LogP contribution in [0.15, 0.2) is 66.7 Å². The summed E-state index contributed by atoms with van der Waals surface area (Å²) in [6.45, 7) is 0.959. The maximum absolute atomic E-state index is 6.49. The van der Waals surface area contributed by atoms with Gasteiger partial charge in [0.15, 0.2) is 0 Å². The Hall–Kier alpha value is -2.78. The highest BCUT2D eigenvalue weighted by molar-refractivity contribution is 6.32. The van der Waals surface area contributed by atoms with Gasteiger partial charge >= 0.3 is 0 Å². The molecular weight excluding hydrogens is 354 g/mol. The van der Waals surface area contributed by atoms with E-state index in [0.29, 0.717) is 5.02 Å². The number of fused-ring (bicyclic) bond motifs is 2. The van der Waals surface area contributed by atoms with Crippen molar-refractivity contribution < 1.29 is 0 Å². The minimum Gasteiger partial charge on any atom is -0.370 e. The molecule has 5 rings (SSSR count). The monoisotopic (exact) mass is 373 g/mol. The average Bonchev–Trinajstić information content (AvgIpc) is 2.89. The summed E-state index contributed by atoms with van der Waals surface area (Å²) in [4.78, 5) is 0. The first-order valence-electron chi connectivity index (χ1n) is 9.41. The molecule has 0 spiro atoms. The highest BCUT2D eigenvalue weighted by atomic mass is 35.5. The summed E-state index contributed by atoms with van der Waals surface area (Å²) >= 11 is 6.49. The predicted molar refractivity (Wildman–Crippen MR) is 113 cm³/mol. The largest absolute Gasteiger partial charge is 0.370 e. The molecule has 3 nitrogen and oxygen atoms in total. The van der Waals surface area contributed by atoms with Crippen LogP contribution in [-0.4, -0.2) is 16.3 Å². The molecule has 0 unspecified atom stereocenters. The molecule has 2 heterocycles. The second-order valence-corrected chi connectivity index (χ2v) is 7.39. The quantitative estimate of drug-likeness (QED) is 0.460. The van der Waals surface area contributed by atoms with Crippen LogP contribution in [-0.2, 0) is 6.42 Å². The van der Waals surface area contributed by atoms with Gasteiger partial charge in [0.1, 0.15) is 5.82 Å². The first kappa shape index (κ1) is 16.4. The molecule has 0 saturated heterocycles. The lowest BCUT2D eigenvalue weighted by molar-refractivity contribution is 0.780. The third-order valence-electron chi connectivity index (χ3n) is 5.23. The summed E-state index contributed by atoms with van der Waals surface area (Å²) in [7, 11) is 0. The minimum atomic E-state index is 0.707. The van der Waals surface area contributed by atoms with E-state index >= 15 is 0 Å². The van der Waals surface area contributed by atoms with Gasteiger partial charge in [0.25, 0.3) is 0 Å². The molecule has 4 heteroatoms. The SMILES string of the molecule is Clc1ccccc1-n1nc(-c2ccc3ccccc3c2)c2c1NCCCC2. The number of halogens is 1. The second kappa shape index (κ2) is 6.75. The lowest BCUT2D eigenvalue weighted by atomic mass is 10.0. The Morgan fingerprint density at radius 2 is 1.70 bits per heavy atom. The summed E-state index contributed by atoms with van der Waals surface area (Å²) < 4.78 is 1.98. The Kier molecular flexibility index (Phi) is 4.10. The van der Waals surface area contributed by atoms with E-state index in [2.05, 4.69) is 47.8 Å². The van der Waals surface area contributed by atoms with Gasteiger partial charge in [0.05, 0.1) is 16.4 Å². The van der Waals surface area contributed by atoms with Crippen molar-refractivity contribution in [3.05, 3.63) is 77.3 Å². The number of nitrogens with zero attached hydrogens (tertiary/aromatic N) is 2. The lowest BCUT2D eigenvalue weighted by Crippen LogP contribution is -2.07. The molecule has 1 aliphatic rings. The van der Waals surface area contributed by atoms with Crippen molar-refractivity contribution in [2.24, 2.45) is 0 Å². The molecule has 3 aromatic carbocycles. The summed E-state index contributed by atoms with van der Waals surface area (Å²) in [5.74, 6) is 1.07. The maximum atomic E-state index is 6.49. The Morgan fingerprint density at radius 1 is 0.889 bits per heavy atom. The Morgan fingerprint density at radius 3 is 2.59 bits per heavy atom. The van der Waals surface area contributed by atoms with E-state index in [9.17, 15) is 0 Å². The highest BCUT2D eigenvalue weighted by Crippen LogP contribution is 2.36. The Bertz CT molecular complexity index is 1130. The van der Waals surface area contributed by atoms with E-state index in [4.69, 9.17) is 16.7 Å². The molecule has 1 aliphatic heterocycles. The first-order valence-corrected chi connectivity index (χ1v) is 9.79. The van der Waals surface area contributed by atoms with Gasteiger partial charge in [0.2, 0.25) is 0 Å². The molecule has 0 atom stereocenters. The summed E-state index contributed by atoms with van der Waals surface area (Å²) in [5.41, 5.74) is 4.39. The Labute approximate surface area is 163 Å². The molecule has 0 bridgehead atoms. The molecule has 0 fully saturated rings. The molecule has 27 heavy (non-hydrogen) atoms. The van der Waals surface area contributed by atoms with E-state index < -0.39 is 0 Å². The van der Waals surface area contributed by atoms with Crippen LogP contribution in [0.2, 0.25) is 5.02 Å². The molecule has 0 amide bonds. The van der Waals surface area contributed by atoms with Gasteiger partial charge in [-0.1, -0.05) is 60.1 Å². The molecule has 0 aliphatic carbocycles. The number of para-hydroxylation sites is 1. The van der Waals surface area contributed by atoms with Crippen LogP contribution in [0.3, 0.4) is 0 Å². The third-order valence-corrected chi connectivity index (χ3v) is 5.55. The second-order valence-electron chi connectivity index (χ2n) is 6.98. The van der Waals surface area contributed by atoms with E-state index in [1.165, 1.54) is 16.3 Å². The molecule has 1 N–H and O–H groups in total. The number of benzene rings is 3. The fourth-order valence-corrected chi connectivity index (χ4v) is 4.08. The molecule has 134 valence electrons. The number of anilines is 1. The van der Waals surface area contributed by atoms with E-state index in [0.717, 1.165) is 48.6 Å². The summed E-state index contributed by atoms with van der Waals surface area (Å²) in [5, 5.41) is 11.8. The van der Waals surface area contributed by atoms with Gasteiger partial charge in [-0.15, -0.1) is 0 Å². The van der Waals surface area contributed by atoms with Crippen LogP contribution in [0, 0.1) is 0 Å². The number of aromatic nitrogens is 2. The fourth-order valence-electron chi connectivity index (χ4n) is 3.87. The van der Waals surface area contributed by atoms with Crippen LogP contribution < -0.4 is 5.32 Å². The molecule has 4 aromatic rings. The van der Waals surface area contributed by atoms with Gasteiger partial charge in [-0.3, -0.25) is 0 Å². The van der Waals surface area contributed by atoms with Crippen LogP contribution in [0.25, 0.3) is 27.7 Å². The zero-order valence-corrected chi connectivity index (χ0v) is 15.7. The zero-order valence-electron chi connectivity index (χ0n) is 15.0. The van der Waals surface area contributed by atoms with Gasteiger partial charge in [-0.2, -0.15) is 5.10 Å². The van der Waals surface area contributed by atoms with Gasteiger partial charge in [-0.25, -0.2) is 4.68 Å². The molecular formula is C23H20ClN3. The smallest absolute Gasteiger partial charge is 0.133 e. The zero-order chi connectivity index (χ0) is 18.2. The highest BCUT2D eigenvalue weighted by Gasteiger charge is 2.22. The fraction of sp³-hybridized carbons (Fsp3) is 0.174. The topological polar surface area (TPSA) is 29.9 Å². The lowest BCUT2D eigenvalue weighted by Gasteiger charge is -2.10. The minimum absolute atomic E-state index is 0.707. The number of nitrogens with one attached hydrogen (secondary N) is 1. The van der Waals surface area contributed by atoms with E-state index in [1.807, 2.05) is 28.9 Å². The third kappa shape index (κ3) is 2.88. The Balaban J connectivity index is 1.73. The normalized spacial score (nSPS) is 13.8. The van der Waals surface area contributed by atoms with Gasteiger partial charge in [0, 0.05) is 17.7 Å². The number of hydrogen-bond donors (Lipinski definition) is 1. The van der Waals surface area contributed by atoms with Crippen LogP contribution >= 0.6 is 11.6 Å². The van der Waals surface area contributed by atoms with E-state index in [1.54, 1.807) is 0 Å². The van der Waals surface area contributed by atoms with Gasteiger partial charge in [-0.05, 0) is 48.2 Å². The molecule has 0 saturated carbocycles. The first-order chi connectivity index (χ1) is 13.3. The van der Waals surface area contributed by atoms with Crippen molar-refractivity contribution in [2.75, 3.05) is 11.9 Å². The number of hydrogen-bond acceptors (Lipinski definition) is 2. The van der Waals surface area contributed by atoms with Crippen molar-refractivity contribution >= 4 is 28.2 Å². The van der Waals surface area contributed by atoms with Crippen molar-refractivity contribution in [1.82, 2.24) is 9.78 Å². The van der Waals surface area contributed by atoms with Crippen LogP contribution in [0.4, 0.5) is 5.82 Å². The van der Waals surface area contributed by atoms with Gasteiger partial charge < -0.3 is 5.32 Å². The summed E-state index contributed by atoms with van der Waals surface area (Å²) in [6.07, 6.45) is 3.35. The van der Waals surface area contributed by atoms with Crippen molar-refractivity contribution in [2.45, 2.75) is 19.3 Å². The molecule has 1 aromatic heterocycles.